The third-order valence-electron chi connectivity index (χ3n) is 2.03. The first-order valence-corrected chi connectivity index (χ1v) is 3.50. The molecule has 2 unspecified atom stereocenters. The fraction of sp³-hybridized carbons (Fsp3) is 1.00. The highest BCUT2D eigenvalue weighted by Crippen LogP contribution is 2.41. The van der Waals surface area contributed by atoms with Gasteiger partial charge in [-0.25, -0.2) is 0 Å². The Kier molecular flexibility index (Phi) is 2.65. The van der Waals surface area contributed by atoms with Crippen LogP contribution >= 0.6 is 0 Å². The van der Waals surface area contributed by atoms with Gasteiger partial charge >= 0.3 is 0 Å². The highest BCUT2D eigenvalue weighted by molar-refractivity contribution is 4.87. The highest BCUT2D eigenvalue weighted by atomic mass is 16.7. The van der Waals surface area contributed by atoms with Crippen LogP contribution in [0.4, 0.5) is 0 Å². The molecule has 0 radical (unpaired) electrons. The lowest BCUT2D eigenvalue weighted by atomic mass is 10.3. The zero-order valence-electron chi connectivity index (χ0n) is 6.41. The van der Waals surface area contributed by atoms with Crippen LogP contribution in [-0.2, 0) is 9.47 Å². The van der Waals surface area contributed by atoms with E-state index in [1.165, 1.54) is 0 Å². The van der Waals surface area contributed by atoms with E-state index < -0.39 is 0 Å². The number of hydrogen-bond acceptors (Lipinski definition) is 3. The van der Waals surface area contributed by atoms with Gasteiger partial charge in [0.1, 0.15) is 0 Å². The second-order valence-corrected chi connectivity index (χ2v) is 2.68. The molecule has 1 N–H and O–H groups in total. The number of ether oxygens (including phenoxy) is 2. The second-order valence-electron chi connectivity index (χ2n) is 2.68. The quantitative estimate of drug-likeness (QED) is 0.577. The van der Waals surface area contributed by atoms with Gasteiger partial charge in [-0.05, 0) is 12.3 Å². The summed E-state index contributed by atoms with van der Waals surface area (Å²) in [7, 11) is 3.25. The van der Waals surface area contributed by atoms with Crippen molar-refractivity contribution in [2.75, 3.05) is 20.8 Å². The van der Waals surface area contributed by atoms with Gasteiger partial charge in [-0.1, -0.05) is 0 Å². The van der Waals surface area contributed by atoms with Gasteiger partial charge in [-0.2, -0.15) is 0 Å². The predicted molar refractivity (Wildman–Crippen MR) is 36.5 cm³/mol. The van der Waals surface area contributed by atoms with Crippen molar-refractivity contribution in [1.82, 2.24) is 0 Å². The Morgan fingerprint density at radius 2 is 2.10 bits per heavy atom. The van der Waals surface area contributed by atoms with Crippen LogP contribution in [0.1, 0.15) is 6.42 Å². The van der Waals surface area contributed by atoms with E-state index in [1.807, 2.05) is 0 Å². The first-order chi connectivity index (χ1) is 4.83. The fourth-order valence-electron chi connectivity index (χ4n) is 1.26. The highest BCUT2D eigenvalue weighted by Gasteiger charge is 2.43. The lowest BCUT2D eigenvalue weighted by molar-refractivity contribution is -0.119. The molecule has 2 atom stereocenters. The van der Waals surface area contributed by atoms with Gasteiger partial charge < -0.3 is 14.6 Å². The summed E-state index contributed by atoms with van der Waals surface area (Å²) in [6.45, 7) is 0.258. The summed E-state index contributed by atoms with van der Waals surface area (Å²) in [5.41, 5.74) is 0. The predicted octanol–water partition coefficient (Wildman–Crippen LogP) is 0.234. The number of rotatable bonds is 4. The Balaban J connectivity index is 2.22. The van der Waals surface area contributed by atoms with Crippen LogP contribution in [0.25, 0.3) is 0 Å². The number of aliphatic hydroxyl groups is 1. The monoisotopic (exact) mass is 146 g/mol. The summed E-state index contributed by atoms with van der Waals surface area (Å²) in [5.74, 6) is 0.824. The second kappa shape index (κ2) is 3.32. The molecule has 1 fully saturated rings. The first kappa shape index (κ1) is 7.98. The molecule has 1 rings (SSSR count). The zero-order chi connectivity index (χ0) is 7.56. The number of hydrogen-bond donors (Lipinski definition) is 1. The maximum absolute atomic E-state index is 8.71. The standard InChI is InChI=1S/C7H14O3/c1-9-7(10-2)6-3-5(6)4-8/h5-8H,3-4H2,1-2H3. The van der Waals surface area contributed by atoms with Gasteiger partial charge in [0.05, 0.1) is 0 Å². The Morgan fingerprint density at radius 3 is 2.40 bits per heavy atom. The summed E-state index contributed by atoms with van der Waals surface area (Å²) in [4.78, 5) is 0. The topological polar surface area (TPSA) is 38.7 Å². The average Bonchev–Trinajstić information content (AvgIpc) is 2.70. The fourth-order valence-corrected chi connectivity index (χ4v) is 1.26. The largest absolute Gasteiger partial charge is 0.396 e. The molecule has 0 aromatic carbocycles. The van der Waals surface area contributed by atoms with Gasteiger partial charge in [0.25, 0.3) is 0 Å². The SMILES string of the molecule is COC(OC)C1CC1CO. The molecule has 3 heteroatoms. The minimum Gasteiger partial charge on any atom is -0.396 e. The van der Waals surface area contributed by atoms with E-state index in [0.29, 0.717) is 11.8 Å². The van der Waals surface area contributed by atoms with Crippen molar-refractivity contribution in [2.45, 2.75) is 12.7 Å². The molecule has 0 heterocycles. The van der Waals surface area contributed by atoms with Crippen LogP contribution in [0, 0.1) is 11.8 Å². The van der Waals surface area contributed by atoms with Crippen molar-refractivity contribution < 1.29 is 14.6 Å². The molecule has 0 aromatic rings. The Bertz CT molecular complexity index is 101. The molecule has 60 valence electrons. The van der Waals surface area contributed by atoms with Gasteiger partial charge in [0.15, 0.2) is 6.29 Å². The van der Waals surface area contributed by atoms with E-state index >= 15 is 0 Å². The number of aliphatic hydroxyl groups excluding tert-OH is 1. The van der Waals surface area contributed by atoms with Crippen molar-refractivity contribution in [3.63, 3.8) is 0 Å². The average molecular weight is 146 g/mol. The molecule has 1 aliphatic rings. The zero-order valence-corrected chi connectivity index (χ0v) is 6.41. The van der Waals surface area contributed by atoms with Crippen molar-refractivity contribution in [3.05, 3.63) is 0 Å². The van der Waals surface area contributed by atoms with Gasteiger partial charge in [-0.3, -0.25) is 0 Å². The van der Waals surface area contributed by atoms with Gasteiger partial charge in [-0.15, -0.1) is 0 Å². The molecule has 3 nitrogen and oxygen atoms in total. The van der Waals surface area contributed by atoms with E-state index in [4.69, 9.17) is 14.6 Å². The molecule has 0 amide bonds. The van der Waals surface area contributed by atoms with Crippen molar-refractivity contribution >= 4 is 0 Å². The van der Waals surface area contributed by atoms with Crippen LogP contribution in [0.2, 0.25) is 0 Å². The van der Waals surface area contributed by atoms with Crippen molar-refractivity contribution in [1.29, 1.82) is 0 Å². The summed E-state index contributed by atoms with van der Waals surface area (Å²) >= 11 is 0. The van der Waals surface area contributed by atoms with E-state index in [2.05, 4.69) is 0 Å². The minimum atomic E-state index is -0.114. The molecule has 0 aliphatic heterocycles. The van der Waals surface area contributed by atoms with Crippen molar-refractivity contribution in [3.8, 4) is 0 Å². The molecule has 0 bridgehead atoms. The smallest absolute Gasteiger partial charge is 0.159 e. The van der Waals surface area contributed by atoms with E-state index in [-0.39, 0.29) is 12.9 Å². The van der Waals surface area contributed by atoms with Crippen LogP contribution in [0.15, 0.2) is 0 Å². The van der Waals surface area contributed by atoms with E-state index in [9.17, 15) is 0 Å². The summed E-state index contributed by atoms with van der Waals surface area (Å²) < 4.78 is 10.0. The normalized spacial score (nSPS) is 31.2. The Labute approximate surface area is 60.9 Å². The maximum atomic E-state index is 8.71. The molecule has 0 spiro atoms. The molecular formula is C7H14O3. The lowest BCUT2D eigenvalue weighted by Gasteiger charge is -2.11. The summed E-state index contributed by atoms with van der Waals surface area (Å²) in [6, 6.07) is 0. The molecule has 0 aromatic heterocycles. The Hall–Kier alpha value is -0.120. The maximum Gasteiger partial charge on any atom is 0.159 e. The van der Waals surface area contributed by atoms with Gasteiger partial charge in [0, 0.05) is 26.7 Å². The molecule has 1 aliphatic carbocycles. The lowest BCUT2D eigenvalue weighted by Crippen LogP contribution is -2.17. The third-order valence-corrected chi connectivity index (χ3v) is 2.03. The molecule has 1 saturated carbocycles. The van der Waals surface area contributed by atoms with Crippen LogP contribution in [0.5, 0.6) is 0 Å². The van der Waals surface area contributed by atoms with E-state index in [0.717, 1.165) is 6.42 Å². The minimum absolute atomic E-state index is 0.114. The molecular weight excluding hydrogens is 132 g/mol. The third kappa shape index (κ3) is 1.48. The number of methoxy groups -OCH3 is 2. The van der Waals surface area contributed by atoms with Crippen LogP contribution in [-0.4, -0.2) is 32.2 Å². The molecule has 10 heavy (non-hydrogen) atoms. The van der Waals surface area contributed by atoms with Crippen molar-refractivity contribution in [2.24, 2.45) is 11.8 Å². The van der Waals surface area contributed by atoms with Crippen LogP contribution < -0.4 is 0 Å². The molecule has 0 saturated heterocycles. The first-order valence-electron chi connectivity index (χ1n) is 3.50. The summed E-state index contributed by atoms with van der Waals surface area (Å²) in [5, 5.41) is 8.71. The summed E-state index contributed by atoms with van der Waals surface area (Å²) in [6.07, 6.45) is 0.917. The Morgan fingerprint density at radius 1 is 1.50 bits per heavy atom. The van der Waals surface area contributed by atoms with E-state index in [1.54, 1.807) is 14.2 Å². The van der Waals surface area contributed by atoms with Gasteiger partial charge in [0.2, 0.25) is 0 Å². The van der Waals surface area contributed by atoms with Crippen LogP contribution in [0.3, 0.4) is 0 Å².